The molecule has 2 aromatic rings. The first-order valence-corrected chi connectivity index (χ1v) is 7.63. The van der Waals surface area contributed by atoms with Crippen molar-refractivity contribution in [3.63, 3.8) is 0 Å². The first-order chi connectivity index (χ1) is 10.4. The van der Waals surface area contributed by atoms with Crippen LogP contribution in [0.2, 0.25) is 0 Å². The van der Waals surface area contributed by atoms with Crippen LogP contribution in [0, 0.1) is 18.3 Å². The van der Waals surface area contributed by atoms with E-state index in [2.05, 4.69) is 4.98 Å². The largest absolute Gasteiger partial charge is 0.418 e. The first kappa shape index (κ1) is 14.9. The molecule has 0 radical (unpaired) electrons. The Morgan fingerprint density at radius 3 is 2.77 bits per heavy atom. The maximum atomic E-state index is 13.3. The highest BCUT2D eigenvalue weighted by Crippen LogP contribution is 2.43. The minimum Gasteiger partial charge on any atom is -0.342 e. The zero-order valence-corrected chi connectivity index (χ0v) is 12.6. The molecule has 0 unspecified atom stereocenters. The van der Waals surface area contributed by atoms with E-state index in [1.54, 1.807) is 18.5 Å². The predicted octanol–water partition coefficient (Wildman–Crippen LogP) is 4.09. The highest BCUT2D eigenvalue weighted by Gasteiger charge is 2.41. The van der Waals surface area contributed by atoms with Gasteiger partial charge in [0.15, 0.2) is 0 Å². The zero-order chi connectivity index (χ0) is 15.9. The second-order valence-electron chi connectivity index (χ2n) is 5.18. The van der Waals surface area contributed by atoms with E-state index in [1.807, 2.05) is 9.95 Å². The van der Waals surface area contributed by atoms with Crippen molar-refractivity contribution in [3.05, 3.63) is 45.2 Å². The molecular formula is C15H12F3N3S. The van der Waals surface area contributed by atoms with Crippen molar-refractivity contribution in [2.75, 3.05) is 0 Å². The number of alkyl halides is 3. The van der Waals surface area contributed by atoms with E-state index in [4.69, 9.17) is 5.26 Å². The molecular weight excluding hydrogens is 311 g/mol. The van der Waals surface area contributed by atoms with E-state index in [1.165, 1.54) is 17.4 Å². The molecule has 1 aliphatic carbocycles. The Labute approximate surface area is 129 Å². The van der Waals surface area contributed by atoms with E-state index in [9.17, 15) is 13.2 Å². The van der Waals surface area contributed by atoms with Gasteiger partial charge in [0.25, 0.3) is 0 Å². The summed E-state index contributed by atoms with van der Waals surface area (Å²) in [5.41, 5.74) is 3.10. The number of nitriles is 1. The third-order valence-corrected chi connectivity index (χ3v) is 4.46. The Balaban J connectivity index is 2.12. The summed E-state index contributed by atoms with van der Waals surface area (Å²) in [7, 11) is 0. The van der Waals surface area contributed by atoms with Crippen LogP contribution in [0.1, 0.15) is 29.1 Å². The lowest BCUT2D eigenvalue weighted by molar-refractivity contribution is -0.0695. The second kappa shape index (κ2) is 5.29. The third-order valence-electron chi connectivity index (χ3n) is 3.82. The summed E-state index contributed by atoms with van der Waals surface area (Å²) in [5.74, 6) is 0. The second-order valence-corrected chi connectivity index (χ2v) is 5.89. The standard InChI is InChI=1S/C15H12F3N3S/c1-9-4-12-13(21(9)6-11-7-22-8-20-11)3-2-10(5-19)14(12)15(16,17)18/h4,7-8H,2-3,6H2,1H3. The molecule has 114 valence electrons. The summed E-state index contributed by atoms with van der Waals surface area (Å²) < 4.78 is 41.9. The van der Waals surface area contributed by atoms with Crippen molar-refractivity contribution in [2.45, 2.75) is 32.5 Å². The summed E-state index contributed by atoms with van der Waals surface area (Å²) in [6, 6.07) is 3.24. The van der Waals surface area contributed by atoms with E-state index in [0.717, 1.165) is 11.4 Å². The van der Waals surface area contributed by atoms with Crippen molar-refractivity contribution >= 4 is 16.9 Å². The van der Waals surface area contributed by atoms with Crippen LogP contribution in [0.5, 0.6) is 0 Å². The molecule has 22 heavy (non-hydrogen) atoms. The molecule has 0 aliphatic heterocycles. The van der Waals surface area contributed by atoms with Gasteiger partial charge in [-0.25, -0.2) is 4.98 Å². The SMILES string of the molecule is Cc1cc2c(n1Cc1cscn1)CCC(C#N)=C2C(F)(F)F. The highest BCUT2D eigenvalue weighted by molar-refractivity contribution is 7.07. The Morgan fingerprint density at radius 2 is 2.18 bits per heavy atom. The number of halogens is 3. The monoisotopic (exact) mass is 323 g/mol. The third kappa shape index (κ3) is 2.44. The fraction of sp³-hybridized carbons (Fsp3) is 0.333. The number of fused-ring (bicyclic) bond motifs is 1. The van der Waals surface area contributed by atoms with Crippen LogP contribution in [-0.4, -0.2) is 15.7 Å². The van der Waals surface area contributed by atoms with Crippen LogP contribution in [0.25, 0.3) is 5.57 Å². The Morgan fingerprint density at radius 1 is 1.41 bits per heavy atom. The Bertz CT molecular complexity index is 776. The predicted molar refractivity (Wildman–Crippen MR) is 77.3 cm³/mol. The zero-order valence-electron chi connectivity index (χ0n) is 11.7. The molecule has 3 nitrogen and oxygen atoms in total. The molecule has 0 saturated heterocycles. The molecule has 0 atom stereocenters. The first-order valence-electron chi connectivity index (χ1n) is 6.68. The van der Waals surface area contributed by atoms with Crippen LogP contribution in [0.3, 0.4) is 0 Å². The van der Waals surface area contributed by atoms with Gasteiger partial charge in [-0.3, -0.25) is 0 Å². The van der Waals surface area contributed by atoms with Gasteiger partial charge in [-0.05, 0) is 25.8 Å². The van der Waals surface area contributed by atoms with Crippen molar-refractivity contribution in [2.24, 2.45) is 0 Å². The van der Waals surface area contributed by atoms with E-state index < -0.39 is 11.7 Å². The molecule has 0 amide bonds. The van der Waals surface area contributed by atoms with Gasteiger partial charge in [0.1, 0.15) is 0 Å². The summed E-state index contributed by atoms with van der Waals surface area (Å²) in [4.78, 5) is 4.19. The number of hydrogen-bond acceptors (Lipinski definition) is 3. The number of allylic oxidation sites excluding steroid dienone is 2. The lowest BCUT2D eigenvalue weighted by Gasteiger charge is -2.21. The smallest absolute Gasteiger partial charge is 0.342 e. The van der Waals surface area contributed by atoms with Gasteiger partial charge in [-0.15, -0.1) is 11.3 Å². The molecule has 0 aromatic carbocycles. The molecule has 2 heterocycles. The van der Waals surface area contributed by atoms with Crippen LogP contribution in [-0.2, 0) is 13.0 Å². The number of hydrogen-bond donors (Lipinski definition) is 0. The topological polar surface area (TPSA) is 41.6 Å². The highest BCUT2D eigenvalue weighted by atomic mass is 32.1. The average molecular weight is 323 g/mol. The van der Waals surface area contributed by atoms with E-state index in [0.29, 0.717) is 18.7 Å². The van der Waals surface area contributed by atoms with E-state index >= 15 is 0 Å². The number of thiazole rings is 1. The van der Waals surface area contributed by atoms with Gasteiger partial charge in [0.05, 0.1) is 29.4 Å². The van der Waals surface area contributed by atoms with Gasteiger partial charge in [-0.1, -0.05) is 0 Å². The van der Waals surface area contributed by atoms with Crippen LogP contribution in [0.4, 0.5) is 13.2 Å². The Kier molecular flexibility index (Phi) is 3.57. The molecule has 7 heteroatoms. The average Bonchev–Trinajstić information content (AvgIpc) is 3.06. The minimum absolute atomic E-state index is 0.124. The van der Waals surface area contributed by atoms with Crippen molar-refractivity contribution in [3.8, 4) is 6.07 Å². The number of aryl methyl sites for hydroxylation is 1. The molecule has 0 saturated carbocycles. The number of aromatic nitrogens is 2. The number of rotatable bonds is 2. The molecule has 1 aliphatic rings. The summed E-state index contributed by atoms with van der Waals surface area (Å²) in [5, 5.41) is 10.9. The van der Waals surface area contributed by atoms with Gasteiger partial charge < -0.3 is 4.57 Å². The van der Waals surface area contributed by atoms with Crippen LogP contribution >= 0.6 is 11.3 Å². The molecule has 3 rings (SSSR count). The normalized spacial score (nSPS) is 14.9. The maximum Gasteiger partial charge on any atom is 0.418 e. The molecule has 0 spiro atoms. The fourth-order valence-corrected chi connectivity index (χ4v) is 3.43. The van der Waals surface area contributed by atoms with Crippen LogP contribution < -0.4 is 0 Å². The number of nitrogens with zero attached hydrogens (tertiary/aromatic N) is 3. The minimum atomic E-state index is -4.51. The van der Waals surface area contributed by atoms with Crippen LogP contribution in [0.15, 0.2) is 22.5 Å². The lowest BCUT2D eigenvalue weighted by atomic mass is 9.90. The molecule has 2 aromatic heterocycles. The van der Waals surface area contributed by atoms with Crippen molar-refractivity contribution in [1.29, 1.82) is 5.26 Å². The van der Waals surface area contributed by atoms with Gasteiger partial charge >= 0.3 is 6.18 Å². The van der Waals surface area contributed by atoms with Gasteiger partial charge in [0, 0.05) is 27.9 Å². The van der Waals surface area contributed by atoms with Gasteiger partial charge in [0.2, 0.25) is 0 Å². The summed E-state index contributed by atoms with van der Waals surface area (Å²) in [6.45, 7) is 2.24. The maximum absolute atomic E-state index is 13.3. The summed E-state index contributed by atoms with van der Waals surface area (Å²) >= 11 is 1.46. The summed E-state index contributed by atoms with van der Waals surface area (Å²) in [6.07, 6.45) is -3.95. The molecule has 0 fully saturated rings. The Hall–Kier alpha value is -2.07. The molecule has 0 N–H and O–H groups in total. The molecule has 0 bridgehead atoms. The fourth-order valence-electron chi connectivity index (χ4n) is 2.88. The van der Waals surface area contributed by atoms with E-state index in [-0.39, 0.29) is 17.6 Å². The lowest BCUT2D eigenvalue weighted by Crippen LogP contribution is -2.19. The van der Waals surface area contributed by atoms with Crippen molar-refractivity contribution in [1.82, 2.24) is 9.55 Å². The quantitative estimate of drug-likeness (QED) is 0.835. The van der Waals surface area contributed by atoms with Gasteiger partial charge in [-0.2, -0.15) is 18.4 Å². The van der Waals surface area contributed by atoms with Crippen molar-refractivity contribution < 1.29 is 13.2 Å².